The highest BCUT2D eigenvalue weighted by atomic mass is 19.4. The lowest BCUT2D eigenvalue weighted by atomic mass is 9.78. The summed E-state index contributed by atoms with van der Waals surface area (Å²) in [4.78, 5) is 13.3. The number of hydrogen-bond acceptors (Lipinski definition) is 8. The fourth-order valence-corrected chi connectivity index (χ4v) is 4.20. The monoisotopic (exact) mass is 538 g/mol. The molecule has 1 amide bonds. The van der Waals surface area contributed by atoms with Crippen molar-refractivity contribution in [2.45, 2.75) is 56.3 Å². The number of nitrogens with zero attached hydrogens (tertiary/aromatic N) is 1. The first kappa shape index (κ1) is 29.3. The first-order valence-corrected chi connectivity index (χ1v) is 11.8. The average molecular weight is 539 g/mol. The Morgan fingerprint density at radius 1 is 1.16 bits per heavy atom. The Morgan fingerprint density at radius 2 is 1.92 bits per heavy atom. The van der Waals surface area contributed by atoms with Crippen LogP contribution in [0.1, 0.15) is 29.5 Å². The molecule has 4 atom stereocenters. The van der Waals surface area contributed by atoms with E-state index in [1.165, 1.54) is 19.2 Å². The Morgan fingerprint density at radius 3 is 2.63 bits per heavy atom. The highest BCUT2D eigenvalue weighted by Crippen LogP contribution is 2.36. The number of nitrogens with one attached hydrogen (secondary N) is 1. The molecule has 0 heterocycles. The maximum atomic E-state index is 13.3. The van der Waals surface area contributed by atoms with Crippen LogP contribution in [0.3, 0.4) is 0 Å². The van der Waals surface area contributed by atoms with E-state index in [0.29, 0.717) is 16.7 Å². The van der Waals surface area contributed by atoms with Crippen LogP contribution in [0, 0.1) is 11.3 Å². The lowest BCUT2D eigenvalue weighted by molar-refractivity contribution is -0.274. The molecule has 1 fully saturated rings. The van der Waals surface area contributed by atoms with Crippen LogP contribution in [-0.2, 0) is 32.2 Å². The molecule has 38 heavy (non-hydrogen) atoms. The van der Waals surface area contributed by atoms with Gasteiger partial charge in [-0.15, -0.1) is 13.2 Å². The van der Waals surface area contributed by atoms with E-state index in [0.717, 1.165) is 12.1 Å². The second-order valence-electron chi connectivity index (χ2n) is 8.81. The molecule has 0 aliphatic heterocycles. The SMILES string of the molecule is COCCNC(=O)[C@@]1(OCc2ccccc2C#N)CC(OCc2cccc(OC(F)(F)F)c2)[C@H](O)[C@H](O)C1. The molecule has 1 saturated carbocycles. The normalized spacial score (nSPS) is 23.4. The Labute approximate surface area is 217 Å². The van der Waals surface area contributed by atoms with Crippen LogP contribution >= 0.6 is 0 Å². The lowest BCUT2D eigenvalue weighted by Gasteiger charge is -2.44. The lowest BCUT2D eigenvalue weighted by Crippen LogP contribution is -2.60. The molecule has 0 saturated heterocycles. The zero-order valence-electron chi connectivity index (χ0n) is 20.6. The van der Waals surface area contributed by atoms with Gasteiger partial charge >= 0.3 is 6.36 Å². The van der Waals surface area contributed by atoms with E-state index in [9.17, 15) is 33.4 Å². The molecular weight excluding hydrogens is 509 g/mol. The van der Waals surface area contributed by atoms with Gasteiger partial charge in [-0.1, -0.05) is 30.3 Å². The minimum Gasteiger partial charge on any atom is -0.406 e. The van der Waals surface area contributed by atoms with Crippen LogP contribution in [0.2, 0.25) is 0 Å². The molecule has 1 aliphatic carbocycles. The summed E-state index contributed by atoms with van der Waals surface area (Å²) in [5, 5.41) is 33.4. The van der Waals surface area contributed by atoms with Crippen LogP contribution in [0.4, 0.5) is 13.2 Å². The Bertz CT molecular complexity index is 1120. The van der Waals surface area contributed by atoms with Crippen LogP contribution in [0.25, 0.3) is 0 Å². The summed E-state index contributed by atoms with van der Waals surface area (Å²) in [5.41, 5.74) is -0.440. The van der Waals surface area contributed by atoms with Crippen LogP contribution in [0.5, 0.6) is 5.75 Å². The number of hydrogen-bond donors (Lipinski definition) is 3. The Balaban J connectivity index is 1.80. The van der Waals surface area contributed by atoms with Crippen LogP contribution < -0.4 is 10.1 Å². The molecule has 1 aliphatic rings. The summed E-state index contributed by atoms with van der Waals surface area (Å²) < 4.78 is 58.4. The number of alkyl halides is 3. The third kappa shape index (κ3) is 7.89. The molecule has 3 N–H and O–H groups in total. The van der Waals surface area contributed by atoms with Crippen molar-refractivity contribution >= 4 is 5.91 Å². The summed E-state index contributed by atoms with van der Waals surface area (Å²) in [7, 11) is 1.47. The van der Waals surface area contributed by atoms with Gasteiger partial charge in [-0.2, -0.15) is 5.26 Å². The number of carbonyl (C=O) groups excluding carboxylic acids is 1. The number of amides is 1. The number of carbonyl (C=O) groups is 1. The molecule has 0 spiro atoms. The molecule has 12 heteroatoms. The third-order valence-corrected chi connectivity index (χ3v) is 6.09. The molecule has 1 unspecified atom stereocenters. The zero-order chi connectivity index (χ0) is 27.8. The van der Waals surface area contributed by atoms with Crippen molar-refractivity contribution in [2.24, 2.45) is 0 Å². The second-order valence-corrected chi connectivity index (χ2v) is 8.81. The van der Waals surface area contributed by atoms with Crippen molar-refractivity contribution in [3.63, 3.8) is 0 Å². The van der Waals surface area contributed by atoms with E-state index in [-0.39, 0.29) is 39.2 Å². The zero-order valence-corrected chi connectivity index (χ0v) is 20.6. The van der Waals surface area contributed by atoms with Crippen molar-refractivity contribution < 1.29 is 47.1 Å². The van der Waals surface area contributed by atoms with E-state index in [1.807, 2.05) is 0 Å². The molecule has 0 radical (unpaired) electrons. The van der Waals surface area contributed by atoms with Crippen molar-refractivity contribution in [3.8, 4) is 11.8 Å². The number of rotatable bonds is 11. The molecular formula is C26H29F3N2O7. The predicted octanol–water partition coefficient (Wildman–Crippen LogP) is 2.58. The summed E-state index contributed by atoms with van der Waals surface area (Å²) in [6.07, 6.45) is -9.19. The van der Waals surface area contributed by atoms with Gasteiger partial charge in [-0.05, 0) is 29.3 Å². The molecule has 9 nitrogen and oxygen atoms in total. The maximum Gasteiger partial charge on any atom is 0.573 e. The molecule has 3 rings (SSSR count). The van der Waals surface area contributed by atoms with Crippen LogP contribution in [0.15, 0.2) is 48.5 Å². The van der Waals surface area contributed by atoms with E-state index in [4.69, 9.17) is 14.2 Å². The smallest absolute Gasteiger partial charge is 0.406 e. The second kappa shape index (κ2) is 13.0. The van der Waals surface area contributed by atoms with Gasteiger partial charge in [0.05, 0.1) is 43.7 Å². The third-order valence-electron chi connectivity index (χ3n) is 6.09. The standard InChI is InChI=1S/C26H29F3N2O7/c1-35-10-9-31-24(34)25(37-16-19-7-3-2-6-18(19)14-30)12-21(32)23(33)22(13-25)36-15-17-5-4-8-20(11-17)38-26(27,28)29/h2-8,11,21-23,32-33H,9-10,12-13,15-16H2,1H3,(H,31,34)/t21-,22?,23-,25+/m1/s1. The van der Waals surface area contributed by atoms with E-state index < -0.39 is 41.9 Å². The van der Waals surface area contributed by atoms with Gasteiger partial charge in [-0.25, -0.2) is 0 Å². The Hall–Kier alpha value is -3.21. The van der Waals surface area contributed by atoms with E-state index in [2.05, 4.69) is 16.1 Å². The number of halogens is 3. The van der Waals surface area contributed by atoms with Crippen molar-refractivity contribution in [2.75, 3.05) is 20.3 Å². The summed E-state index contributed by atoms with van der Waals surface area (Å²) >= 11 is 0. The first-order chi connectivity index (χ1) is 18.1. The van der Waals surface area contributed by atoms with E-state index >= 15 is 0 Å². The fraction of sp³-hybridized carbons (Fsp3) is 0.462. The van der Waals surface area contributed by atoms with Crippen LogP contribution in [-0.4, -0.2) is 66.7 Å². The molecule has 0 bridgehead atoms. The van der Waals surface area contributed by atoms with Gasteiger partial charge in [0, 0.05) is 26.5 Å². The number of nitriles is 1. The number of methoxy groups -OCH3 is 1. The van der Waals surface area contributed by atoms with E-state index in [1.54, 1.807) is 24.3 Å². The predicted molar refractivity (Wildman–Crippen MR) is 127 cm³/mol. The fourth-order valence-electron chi connectivity index (χ4n) is 4.20. The summed E-state index contributed by atoms with van der Waals surface area (Å²) in [6.45, 7) is 0.0157. The first-order valence-electron chi connectivity index (χ1n) is 11.8. The van der Waals surface area contributed by atoms with Gasteiger partial charge in [0.25, 0.3) is 5.91 Å². The maximum absolute atomic E-state index is 13.3. The topological polar surface area (TPSA) is 130 Å². The van der Waals surface area contributed by atoms with Crippen molar-refractivity contribution in [3.05, 3.63) is 65.2 Å². The van der Waals surface area contributed by atoms with Gasteiger partial charge in [-0.3, -0.25) is 4.79 Å². The molecule has 2 aromatic carbocycles. The van der Waals surface area contributed by atoms with Gasteiger partial charge in [0.2, 0.25) is 0 Å². The highest BCUT2D eigenvalue weighted by molar-refractivity contribution is 5.85. The Kier molecular flexibility index (Phi) is 10.1. The number of ether oxygens (including phenoxy) is 4. The number of benzene rings is 2. The van der Waals surface area contributed by atoms with Gasteiger partial charge in [0.1, 0.15) is 11.9 Å². The largest absolute Gasteiger partial charge is 0.573 e. The number of aliphatic hydroxyl groups is 2. The average Bonchev–Trinajstić information content (AvgIpc) is 2.88. The van der Waals surface area contributed by atoms with Gasteiger partial charge < -0.3 is 34.5 Å². The van der Waals surface area contributed by atoms with Crippen molar-refractivity contribution in [1.29, 1.82) is 5.26 Å². The minimum atomic E-state index is -4.86. The highest BCUT2D eigenvalue weighted by Gasteiger charge is 2.51. The number of aliphatic hydroxyl groups excluding tert-OH is 2. The van der Waals surface area contributed by atoms with Crippen molar-refractivity contribution in [1.82, 2.24) is 5.32 Å². The minimum absolute atomic E-state index is 0.131. The van der Waals surface area contributed by atoms with Gasteiger partial charge in [0.15, 0.2) is 5.60 Å². The summed E-state index contributed by atoms with van der Waals surface area (Å²) in [5.74, 6) is -1.00. The summed E-state index contributed by atoms with van der Waals surface area (Å²) in [6, 6.07) is 13.9. The molecule has 0 aromatic heterocycles. The molecule has 2 aromatic rings. The molecule has 206 valence electrons. The quantitative estimate of drug-likeness (QED) is 0.372.